The van der Waals surface area contributed by atoms with Gasteiger partial charge in [-0.15, -0.1) is 0 Å². The number of fused-ring (bicyclic) bond motifs is 1. The minimum Gasteiger partial charge on any atom is -0.478 e. The standard InChI is InChI=1S/C11H6N2O6/c14-9(15)4-1-6-5(2-12-3-13-6)8(11(18)19)7(4)10(16)17/h1-3H,(H,14,15)(H,16,17)(H,18,19). The van der Waals surface area contributed by atoms with Gasteiger partial charge in [0.15, 0.2) is 0 Å². The lowest BCUT2D eigenvalue weighted by Crippen LogP contribution is -2.15. The summed E-state index contributed by atoms with van der Waals surface area (Å²) in [7, 11) is 0. The van der Waals surface area contributed by atoms with Crippen molar-refractivity contribution in [1.29, 1.82) is 0 Å². The van der Waals surface area contributed by atoms with Crippen LogP contribution in [0.3, 0.4) is 0 Å². The molecule has 8 nitrogen and oxygen atoms in total. The molecule has 0 fully saturated rings. The van der Waals surface area contributed by atoms with Crippen LogP contribution in [0.25, 0.3) is 10.9 Å². The van der Waals surface area contributed by atoms with E-state index in [2.05, 4.69) is 9.97 Å². The number of hydrogen-bond acceptors (Lipinski definition) is 5. The van der Waals surface area contributed by atoms with Crippen LogP contribution < -0.4 is 0 Å². The van der Waals surface area contributed by atoms with E-state index < -0.39 is 34.6 Å². The number of carboxylic acid groups (broad SMARTS) is 3. The van der Waals surface area contributed by atoms with E-state index in [0.717, 1.165) is 18.6 Å². The Labute approximate surface area is 105 Å². The normalized spacial score (nSPS) is 10.3. The Bertz CT molecular complexity index is 724. The molecule has 0 unspecified atom stereocenters. The number of aromatic carboxylic acids is 3. The van der Waals surface area contributed by atoms with E-state index in [1.54, 1.807) is 0 Å². The Morgan fingerprint density at radius 1 is 0.947 bits per heavy atom. The third kappa shape index (κ3) is 1.95. The first-order valence-corrected chi connectivity index (χ1v) is 4.90. The van der Waals surface area contributed by atoms with Gasteiger partial charge in [0.2, 0.25) is 0 Å². The average molecular weight is 262 g/mol. The summed E-state index contributed by atoms with van der Waals surface area (Å²) in [6.45, 7) is 0. The monoisotopic (exact) mass is 262 g/mol. The average Bonchev–Trinajstić information content (AvgIpc) is 2.35. The van der Waals surface area contributed by atoms with Crippen molar-refractivity contribution in [1.82, 2.24) is 9.97 Å². The number of carboxylic acids is 3. The summed E-state index contributed by atoms with van der Waals surface area (Å²) in [6.07, 6.45) is 2.24. The molecule has 0 bridgehead atoms. The molecule has 0 atom stereocenters. The highest BCUT2D eigenvalue weighted by Gasteiger charge is 2.27. The molecular weight excluding hydrogens is 256 g/mol. The zero-order chi connectivity index (χ0) is 14.2. The summed E-state index contributed by atoms with van der Waals surface area (Å²) in [6, 6.07) is 1.01. The molecule has 19 heavy (non-hydrogen) atoms. The second kappa shape index (κ2) is 4.33. The third-order valence-corrected chi connectivity index (χ3v) is 2.47. The van der Waals surface area contributed by atoms with Gasteiger partial charge in [-0.1, -0.05) is 0 Å². The van der Waals surface area contributed by atoms with Crippen molar-refractivity contribution in [2.75, 3.05) is 0 Å². The first-order valence-electron chi connectivity index (χ1n) is 4.90. The maximum atomic E-state index is 11.2. The Hall–Kier alpha value is -3.03. The van der Waals surface area contributed by atoms with E-state index >= 15 is 0 Å². The van der Waals surface area contributed by atoms with Crippen LogP contribution in [-0.4, -0.2) is 43.2 Å². The van der Waals surface area contributed by atoms with Crippen molar-refractivity contribution in [3.05, 3.63) is 35.3 Å². The first-order chi connectivity index (χ1) is 8.93. The molecule has 2 aromatic rings. The zero-order valence-electron chi connectivity index (χ0n) is 9.19. The number of aromatic nitrogens is 2. The first kappa shape index (κ1) is 12.4. The molecule has 0 saturated carbocycles. The summed E-state index contributed by atoms with van der Waals surface area (Å²) in [5.74, 6) is -4.73. The van der Waals surface area contributed by atoms with Crippen LogP contribution in [0.1, 0.15) is 31.1 Å². The third-order valence-electron chi connectivity index (χ3n) is 2.47. The molecule has 0 amide bonds. The lowest BCUT2D eigenvalue weighted by atomic mass is 9.97. The number of hydrogen-bond donors (Lipinski definition) is 3. The predicted molar refractivity (Wildman–Crippen MR) is 60.4 cm³/mol. The van der Waals surface area contributed by atoms with Gasteiger partial charge in [0, 0.05) is 11.6 Å². The summed E-state index contributed by atoms with van der Waals surface area (Å²) in [4.78, 5) is 40.7. The van der Waals surface area contributed by atoms with Crippen LogP contribution in [0.2, 0.25) is 0 Å². The van der Waals surface area contributed by atoms with Gasteiger partial charge in [0.05, 0.1) is 22.2 Å². The van der Waals surface area contributed by atoms with Crippen LogP contribution in [-0.2, 0) is 0 Å². The van der Waals surface area contributed by atoms with Crippen molar-refractivity contribution in [3.63, 3.8) is 0 Å². The maximum Gasteiger partial charge on any atom is 0.337 e. The minimum absolute atomic E-state index is 0.0302. The van der Waals surface area contributed by atoms with Crippen molar-refractivity contribution < 1.29 is 29.7 Å². The van der Waals surface area contributed by atoms with E-state index in [0.29, 0.717) is 0 Å². The molecule has 0 aliphatic rings. The highest BCUT2D eigenvalue weighted by molar-refractivity contribution is 6.16. The van der Waals surface area contributed by atoms with Crippen LogP contribution in [0.15, 0.2) is 18.6 Å². The summed E-state index contributed by atoms with van der Waals surface area (Å²) >= 11 is 0. The van der Waals surface area contributed by atoms with Gasteiger partial charge in [-0.25, -0.2) is 24.4 Å². The Balaban J connectivity index is 3.04. The van der Waals surface area contributed by atoms with Crippen molar-refractivity contribution in [3.8, 4) is 0 Å². The topological polar surface area (TPSA) is 138 Å². The second-order valence-corrected chi connectivity index (χ2v) is 3.55. The molecule has 2 rings (SSSR count). The van der Waals surface area contributed by atoms with Crippen molar-refractivity contribution in [2.45, 2.75) is 0 Å². The fourth-order valence-corrected chi connectivity index (χ4v) is 1.74. The smallest absolute Gasteiger partial charge is 0.337 e. The summed E-state index contributed by atoms with van der Waals surface area (Å²) in [5.41, 5.74) is -2.00. The van der Waals surface area contributed by atoms with Gasteiger partial charge in [-0.05, 0) is 6.07 Å². The molecule has 1 aromatic heterocycles. The van der Waals surface area contributed by atoms with Gasteiger partial charge in [-0.3, -0.25) is 0 Å². The molecule has 0 radical (unpaired) electrons. The fourth-order valence-electron chi connectivity index (χ4n) is 1.74. The zero-order valence-corrected chi connectivity index (χ0v) is 9.19. The van der Waals surface area contributed by atoms with Gasteiger partial charge in [0.1, 0.15) is 6.33 Å². The molecule has 0 aliphatic heterocycles. The van der Waals surface area contributed by atoms with Crippen molar-refractivity contribution in [2.24, 2.45) is 0 Å². The molecule has 0 saturated heterocycles. The lowest BCUT2D eigenvalue weighted by Gasteiger charge is -2.08. The minimum atomic E-state index is -1.64. The van der Waals surface area contributed by atoms with Crippen molar-refractivity contribution >= 4 is 28.8 Å². The highest BCUT2D eigenvalue weighted by atomic mass is 16.4. The Kier molecular flexibility index (Phi) is 2.83. The SMILES string of the molecule is O=C(O)c1cc2ncncc2c(C(=O)O)c1C(=O)O. The van der Waals surface area contributed by atoms with Gasteiger partial charge in [-0.2, -0.15) is 0 Å². The number of carbonyl (C=O) groups is 3. The Morgan fingerprint density at radius 2 is 1.58 bits per heavy atom. The number of nitrogens with zero attached hydrogens (tertiary/aromatic N) is 2. The van der Waals surface area contributed by atoms with Crippen LogP contribution in [0, 0.1) is 0 Å². The molecule has 3 N–H and O–H groups in total. The van der Waals surface area contributed by atoms with E-state index in [-0.39, 0.29) is 10.9 Å². The molecular formula is C11H6N2O6. The van der Waals surface area contributed by atoms with Gasteiger partial charge in [0.25, 0.3) is 0 Å². The molecule has 8 heteroatoms. The summed E-state index contributed by atoms with van der Waals surface area (Å²) < 4.78 is 0. The lowest BCUT2D eigenvalue weighted by molar-refractivity contribution is 0.0634. The van der Waals surface area contributed by atoms with Gasteiger partial charge >= 0.3 is 17.9 Å². The van der Waals surface area contributed by atoms with E-state index in [4.69, 9.17) is 15.3 Å². The fraction of sp³-hybridized carbons (Fsp3) is 0. The summed E-state index contributed by atoms with van der Waals surface area (Å²) in [5, 5.41) is 27.1. The second-order valence-electron chi connectivity index (χ2n) is 3.55. The van der Waals surface area contributed by atoms with Crippen LogP contribution in [0.5, 0.6) is 0 Å². The maximum absolute atomic E-state index is 11.2. The number of rotatable bonds is 3. The molecule has 0 aliphatic carbocycles. The van der Waals surface area contributed by atoms with Crippen LogP contribution >= 0.6 is 0 Å². The van der Waals surface area contributed by atoms with E-state index in [1.807, 2.05) is 0 Å². The van der Waals surface area contributed by atoms with Crippen LogP contribution in [0.4, 0.5) is 0 Å². The molecule has 1 heterocycles. The highest BCUT2D eigenvalue weighted by Crippen LogP contribution is 2.24. The quantitative estimate of drug-likeness (QED) is 0.735. The molecule has 0 spiro atoms. The van der Waals surface area contributed by atoms with E-state index in [1.165, 1.54) is 0 Å². The largest absolute Gasteiger partial charge is 0.478 e. The predicted octanol–water partition coefficient (Wildman–Crippen LogP) is 0.724. The van der Waals surface area contributed by atoms with E-state index in [9.17, 15) is 14.4 Å². The molecule has 96 valence electrons. The molecule has 1 aromatic carbocycles. The Morgan fingerprint density at radius 3 is 2.11 bits per heavy atom. The number of benzene rings is 1. The van der Waals surface area contributed by atoms with Gasteiger partial charge < -0.3 is 15.3 Å².